The van der Waals surface area contributed by atoms with Crippen LogP contribution in [-0.4, -0.2) is 34.7 Å². The molecule has 0 spiro atoms. The molecule has 9 heteroatoms. The Balaban J connectivity index is 0.000000967. The van der Waals surface area contributed by atoms with E-state index in [4.69, 9.17) is 21.1 Å². The van der Waals surface area contributed by atoms with Crippen LogP contribution < -0.4 is 10.3 Å². The number of carbonyl (C=O) groups is 1. The van der Waals surface area contributed by atoms with Gasteiger partial charge in [-0.15, -0.1) is 5.10 Å². The number of nitrogens with zero attached hydrogens (tertiary/aromatic N) is 3. The normalized spacial score (nSPS) is 13.8. The first-order valence-electron chi connectivity index (χ1n) is 11.1. The Labute approximate surface area is 211 Å². The summed E-state index contributed by atoms with van der Waals surface area (Å²) >= 11 is 6.29. The molecule has 0 bridgehead atoms. The minimum absolute atomic E-state index is 0.00165. The molecule has 0 saturated heterocycles. The summed E-state index contributed by atoms with van der Waals surface area (Å²) in [4.78, 5) is 27.4. The van der Waals surface area contributed by atoms with E-state index in [1.54, 1.807) is 24.0 Å². The van der Waals surface area contributed by atoms with Gasteiger partial charge in [0.15, 0.2) is 5.71 Å². The van der Waals surface area contributed by atoms with Crippen LogP contribution in [0.3, 0.4) is 0 Å². The summed E-state index contributed by atoms with van der Waals surface area (Å²) in [5.41, 5.74) is 2.45. The highest BCUT2D eigenvalue weighted by molar-refractivity contribution is 6.54. The molecule has 182 valence electrons. The van der Waals surface area contributed by atoms with E-state index in [0.29, 0.717) is 28.2 Å². The Kier molecular flexibility index (Phi) is 7.58. The summed E-state index contributed by atoms with van der Waals surface area (Å²) in [5, 5.41) is 26.1. The van der Waals surface area contributed by atoms with Gasteiger partial charge < -0.3 is 19.5 Å². The van der Waals surface area contributed by atoms with Gasteiger partial charge in [0, 0.05) is 23.3 Å². The van der Waals surface area contributed by atoms with Gasteiger partial charge in [0.05, 0.1) is 29.4 Å². The summed E-state index contributed by atoms with van der Waals surface area (Å²) in [6.45, 7) is 2.22. The molecule has 8 nitrogen and oxygen atoms in total. The van der Waals surface area contributed by atoms with Gasteiger partial charge in [0.25, 0.3) is 5.91 Å². The second-order valence-corrected chi connectivity index (χ2v) is 8.12. The maximum Gasteiger partial charge on any atom is 0.279 e. The lowest BCUT2D eigenvalue weighted by Gasteiger charge is -2.17. The van der Waals surface area contributed by atoms with Crippen molar-refractivity contribution in [2.75, 3.05) is 11.5 Å². The quantitative estimate of drug-likeness (QED) is 0.314. The van der Waals surface area contributed by atoms with Crippen LogP contribution in [0.4, 0.5) is 5.69 Å². The number of hydrogen-bond donors (Lipinski definition) is 2. The van der Waals surface area contributed by atoms with Crippen LogP contribution in [0.15, 0.2) is 92.4 Å². The number of rotatable bonds is 4. The van der Waals surface area contributed by atoms with E-state index >= 15 is 0 Å². The molecule has 3 aromatic carbocycles. The summed E-state index contributed by atoms with van der Waals surface area (Å²) in [5.74, 6) is -0.312. The van der Waals surface area contributed by atoms with E-state index in [1.165, 1.54) is 30.7 Å². The number of amides is 1. The zero-order valence-corrected chi connectivity index (χ0v) is 20.0. The molecule has 2 N–H and O–H groups in total. The third-order valence-electron chi connectivity index (χ3n) is 5.32. The van der Waals surface area contributed by atoms with Crippen LogP contribution in [0.2, 0.25) is 5.02 Å². The van der Waals surface area contributed by atoms with E-state index in [0.717, 1.165) is 5.56 Å². The fourth-order valence-corrected chi connectivity index (χ4v) is 3.88. The first-order valence-corrected chi connectivity index (χ1v) is 11.4. The van der Waals surface area contributed by atoms with Crippen molar-refractivity contribution in [1.29, 1.82) is 0 Å². The van der Waals surface area contributed by atoms with Gasteiger partial charge in [-0.25, -0.2) is 0 Å². The van der Waals surface area contributed by atoms with Gasteiger partial charge in [0.2, 0.25) is 5.43 Å². The van der Waals surface area contributed by atoms with Crippen molar-refractivity contribution in [2.24, 2.45) is 10.2 Å². The lowest BCUT2D eigenvalue weighted by atomic mass is 10.1. The summed E-state index contributed by atoms with van der Waals surface area (Å²) in [6.07, 6.45) is 2.49. The van der Waals surface area contributed by atoms with Crippen LogP contribution in [-0.2, 0) is 11.3 Å². The van der Waals surface area contributed by atoms with Gasteiger partial charge in [-0.1, -0.05) is 48.0 Å². The average molecular weight is 504 g/mol. The number of aliphatic hydroxyl groups is 1. The Morgan fingerprint density at radius 1 is 1.06 bits per heavy atom. The van der Waals surface area contributed by atoms with Crippen molar-refractivity contribution in [2.45, 2.75) is 13.5 Å². The highest BCUT2D eigenvalue weighted by Crippen LogP contribution is 2.32. The zero-order chi connectivity index (χ0) is 25.7. The smallest absolute Gasteiger partial charge is 0.279 e. The predicted molar refractivity (Wildman–Crippen MR) is 140 cm³/mol. The highest BCUT2D eigenvalue weighted by atomic mass is 35.5. The Bertz CT molecular complexity index is 1540. The molecule has 0 aliphatic carbocycles. The lowest BCUT2D eigenvalue weighted by molar-refractivity contribution is -0.112. The third kappa shape index (κ3) is 5.05. The minimum Gasteiger partial charge on any atom is -0.508 e. The number of anilines is 1. The number of carbonyl (C=O) groups excluding carboxylic acids is 1. The molecule has 0 radical (unpaired) electrons. The van der Waals surface area contributed by atoms with Crippen molar-refractivity contribution in [3.8, 4) is 5.75 Å². The van der Waals surface area contributed by atoms with Gasteiger partial charge in [-0.05, 0) is 36.8 Å². The van der Waals surface area contributed by atoms with Crippen molar-refractivity contribution in [3.05, 3.63) is 105 Å². The molecular formula is C27H22ClN3O5. The van der Waals surface area contributed by atoms with Crippen molar-refractivity contribution >= 4 is 46.1 Å². The number of phenols is 1. The first kappa shape index (κ1) is 24.8. The molecule has 0 saturated carbocycles. The number of phenolic OH excluding ortho intramolecular Hbond substituents is 1. The second-order valence-electron chi connectivity index (χ2n) is 7.71. The number of aliphatic hydroxyl groups excluding tert-OH is 1. The number of fused-ring (bicyclic) bond motifs is 2. The molecule has 1 aliphatic rings. The maximum atomic E-state index is 13.2. The number of hydrogen-bond acceptors (Lipinski definition) is 7. The van der Waals surface area contributed by atoms with Crippen LogP contribution in [0, 0.1) is 0 Å². The van der Waals surface area contributed by atoms with E-state index in [9.17, 15) is 14.7 Å². The van der Waals surface area contributed by atoms with Crippen LogP contribution in [0.25, 0.3) is 11.0 Å². The predicted octanol–water partition coefficient (Wildman–Crippen LogP) is 4.52. The molecule has 5 rings (SSSR count). The monoisotopic (exact) mass is 503 g/mol. The average Bonchev–Trinajstić information content (AvgIpc) is 3.13. The summed E-state index contributed by atoms with van der Waals surface area (Å²) in [6, 6.07) is 18.9. The number of para-hydroxylation sites is 1. The molecule has 1 aromatic heterocycles. The minimum atomic E-state index is -0.321. The van der Waals surface area contributed by atoms with E-state index in [1.807, 2.05) is 36.4 Å². The molecule has 1 aliphatic heterocycles. The van der Waals surface area contributed by atoms with Crippen LogP contribution in [0.1, 0.15) is 23.6 Å². The van der Waals surface area contributed by atoms with E-state index in [-0.39, 0.29) is 40.6 Å². The maximum absolute atomic E-state index is 13.2. The number of benzene rings is 3. The molecule has 4 aromatic rings. The van der Waals surface area contributed by atoms with Gasteiger partial charge in [-0.3, -0.25) is 9.59 Å². The number of halogens is 1. The fraction of sp³-hybridized carbons (Fsp3) is 0.111. The zero-order valence-electron chi connectivity index (χ0n) is 19.3. The van der Waals surface area contributed by atoms with Crippen molar-refractivity contribution in [3.63, 3.8) is 0 Å². The molecule has 0 atom stereocenters. The largest absolute Gasteiger partial charge is 0.508 e. The number of aromatic hydroxyl groups is 1. The lowest BCUT2D eigenvalue weighted by Crippen LogP contribution is -2.29. The van der Waals surface area contributed by atoms with Gasteiger partial charge in [-0.2, -0.15) is 5.10 Å². The fourth-order valence-electron chi connectivity index (χ4n) is 3.68. The Morgan fingerprint density at radius 3 is 2.56 bits per heavy atom. The highest BCUT2D eigenvalue weighted by Gasteiger charge is 2.34. The van der Waals surface area contributed by atoms with Crippen LogP contribution >= 0.6 is 11.6 Å². The second kappa shape index (κ2) is 11.0. The molecule has 0 fully saturated rings. The molecule has 1 amide bonds. The van der Waals surface area contributed by atoms with Crippen LogP contribution in [0.5, 0.6) is 5.75 Å². The molecule has 0 unspecified atom stereocenters. The van der Waals surface area contributed by atoms with Crippen molar-refractivity contribution < 1.29 is 19.4 Å². The first-order chi connectivity index (χ1) is 17.4. The van der Waals surface area contributed by atoms with Gasteiger partial charge in [0.1, 0.15) is 17.6 Å². The van der Waals surface area contributed by atoms with Crippen molar-refractivity contribution in [1.82, 2.24) is 0 Å². The summed E-state index contributed by atoms with van der Waals surface area (Å²) < 4.78 is 5.41. The third-order valence-corrected chi connectivity index (χ3v) is 5.69. The topological polar surface area (TPSA) is 116 Å². The Morgan fingerprint density at radius 2 is 1.78 bits per heavy atom. The molecule has 2 heterocycles. The standard InChI is InChI=1S/C25H16ClN3O4.C2H6O/c26-20-7-3-1-5-15(20)13-29-21-8-4-2-6-18(21)23(25(29)32)28-27-12-16-14-33-22-11-17(30)9-10-19(22)24(16)31;1-2-3/h1-12,14,30H,13H2;3H,2H2,1H3/b27-12+,28-23-;. The van der Waals surface area contributed by atoms with Gasteiger partial charge >= 0.3 is 0 Å². The molecule has 36 heavy (non-hydrogen) atoms. The summed E-state index contributed by atoms with van der Waals surface area (Å²) in [7, 11) is 0. The Hall–Kier alpha value is -4.27. The van der Waals surface area contributed by atoms with E-state index in [2.05, 4.69) is 10.2 Å². The SMILES string of the molecule is CCO.O=C1/C(=N\N=C\c2coc3cc(O)ccc3c2=O)c2ccccc2N1Cc1ccccc1Cl. The molecular weight excluding hydrogens is 482 g/mol. The van der Waals surface area contributed by atoms with E-state index < -0.39 is 0 Å².